The predicted molar refractivity (Wildman–Crippen MR) is 253 cm³/mol. The van der Waals surface area contributed by atoms with Crippen LogP contribution in [0.15, 0.2) is 0 Å². The summed E-state index contributed by atoms with van der Waals surface area (Å²) in [4.78, 5) is 49.3. The highest BCUT2D eigenvalue weighted by Crippen LogP contribution is 2.16. The van der Waals surface area contributed by atoms with Crippen LogP contribution in [0.2, 0.25) is 0 Å². The number of carbonyl (C=O) groups is 4. The van der Waals surface area contributed by atoms with E-state index in [-0.39, 0.29) is 63.7 Å². The van der Waals surface area contributed by atoms with Gasteiger partial charge in [0.15, 0.2) is 6.10 Å². The molecule has 1 atom stereocenters. The van der Waals surface area contributed by atoms with E-state index in [4.69, 9.17) is 33.2 Å². The zero-order valence-corrected chi connectivity index (χ0v) is 41.0. The molecule has 0 fully saturated rings. The average molecular weight is 900 g/mol. The molecule has 1 unspecified atom stereocenters. The summed E-state index contributed by atoms with van der Waals surface area (Å²) in [5.41, 5.74) is 0. The third-order valence-corrected chi connectivity index (χ3v) is 11.2. The van der Waals surface area contributed by atoms with Crippen molar-refractivity contribution in [2.24, 2.45) is 0 Å². The molecule has 0 aromatic rings. The molecule has 372 valence electrons. The molecule has 0 spiro atoms. The van der Waals surface area contributed by atoms with Crippen LogP contribution in [0, 0.1) is 0 Å². The summed E-state index contributed by atoms with van der Waals surface area (Å²) in [5, 5.41) is 2.62. The Morgan fingerprint density at radius 3 is 1.22 bits per heavy atom. The fourth-order valence-electron chi connectivity index (χ4n) is 7.30. The first-order chi connectivity index (χ1) is 30.9. The molecule has 12 nitrogen and oxygen atoms in total. The van der Waals surface area contributed by atoms with E-state index in [1.165, 1.54) is 154 Å². The Kier molecular flexibility index (Phi) is 48.6. The maximum Gasteiger partial charge on any atom is 0.407 e. The maximum atomic E-state index is 12.8. The lowest BCUT2D eigenvalue weighted by atomic mass is 10.0. The van der Waals surface area contributed by atoms with Gasteiger partial charge in [0.2, 0.25) is 0 Å². The number of ether oxygens (including phenoxy) is 7. The van der Waals surface area contributed by atoms with Gasteiger partial charge in [-0.3, -0.25) is 14.4 Å². The van der Waals surface area contributed by atoms with Crippen molar-refractivity contribution in [3.63, 3.8) is 0 Å². The predicted octanol–water partition coefficient (Wildman–Crippen LogP) is 12.7. The number of hydrogen-bond acceptors (Lipinski definition) is 11. The fraction of sp³-hybridized carbons (Fsp3) is 0.922. The molecule has 12 heteroatoms. The Labute approximate surface area is 385 Å². The number of nitrogens with one attached hydrogen (secondary N) is 1. The van der Waals surface area contributed by atoms with Crippen LogP contribution in [0.3, 0.4) is 0 Å². The van der Waals surface area contributed by atoms with Gasteiger partial charge in [-0.2, -0.15) is 0 Å². The second-order valence-corrected chi connectivity index (χ2v) is 17.3. The van der Waals surface area contributed by atoms with E-state index in [0.29, 0.717) is 39.3 Å². The third-order valence-electron chi connectivity index (χ3n) is 11.2. The van der Waals surface area contributed by atoms with Crippen LogP contribution in [-0.2, 0) is 47.5 Å². The Balaban J connectivity index is 4.33. The highest BCUT2D eigenvalue weighted by molar-refractivity contribution is 5.71. The minimum absolute atomic E-state index is 0.159. The molecule has 0 rings (SSSR count). The Hall–Kier alpha value is -2.44. The van der Waals surface area contributed by atoms with Crippen molar-refractivity contribution in [3.05, 3.63) is 0 Å². The van der Waals surface area contributed by atoms with Gasteiger partial charge < -0.3 is 38.5 Å². The van der Waals surface area contributed by atoms with Crippen LogP contribution in [0.1, 0.15) is 232 Å². The zero-order chi connectivity index (χ0) is 45.9. The van der Waals surface area contributed by atoms with Crippen LogP contribution < -0.4 is 5.32 Å². The van der Waals surface area contributed by atoms with E-state index >= 15 is 0 Å². The number of carbonyl (C=O) groups excluding carboxylic acids is 4. The molecule has 1 amide bonds. The highest BCUT2D eigenvalue weighted by Gasteiger charge is 2.19. The van der Waals surface area contributed by atoms with Gasteiger partial charge in [-0.25, -0.2) is 4.79 Å². The van der Waals surface area contributed by atoms with Gasteiger partial charge in [-0.05, 0) is 19.3 Å². The molecule has 0 saturated carbocycles. The van der Waals surface area contributed by atoms with Gasteiger partial charge in [0.1, 0.15) is 19.8 Å². The zero-order valence-electron chi connectivity index (χ0n) is 41.0. The van der Waals surface area contributed by atoms with Gasteiger partial charge in [0.05, 0.1) is 26.4 Å². The second-order valence-electron chi connectivity index (χ2n) is 17.3. The first-order valence-electron chi connectivity index (χ1n) is 26.0. The number of rotatable bonds is 50. The van der Waals surface area contributed by atoms with Gasteiger partial charge in [-0.1, -0.05) is 194 Å². The molecular weight excluding hydrogens is 803 g/mol. The summed E-state index contributed by atoms with van der Waals surface area (Å²) in [5.74, 6) is -0.995. The summed E-state index contributed by atoms with van der Waals surface area (Å²) in [6.45, 7) is 6.31. The molecule has 0 radical (unpaired) electrons. The fourth-order valence-corrected chi connectivity index (χ4v) is 7.30. The van der Waals surface area contributed by atoms with Crippen molar-refractivity contribution in [1.82, 2.24) is 5.32 Å². The molecule has 0 saturated heterocycles. The van der Waals surface area contributed by atoms with Gasteiger partial charge in [-0.15, -0.1) is 0 Å². The van der Waals surface area contributed by atoms with Crippen LogP contribution in [0.5, 0.6) is 0 Å². The minimum Gasteiger partial charge on any atom is -0.463 e. The van der Waals surface area contributed by atoms with Crippen LogP contribution in [0.25, 0.3) is 0 Å². The van der Waals surface area contributed by atoms with Gasteiger partial charge in [0, 0.05) is 39.5 Å². The van der Waals surface area contributed by atoms with Crippen molar-refractivity contribution < 1.29 is 52.3 Å². The monoisotopic (exact) mass is 900 g/mol. The number of unbranched alkanes of at least 4 members (excludes halogenated alkanes) is 28. The quantitative estimate of drug-likeness (QED) is 0.0354. The SMILES string of the molecule is CCCCCCCCCCCCCCCCCC(=O)OCC(COC(=O)NCCOCCOCCCC(=O)OCCOC)OC(=O)CCCCCCCCCCCCCCCCC. The van der Waals surface area contributed by atoms with Crippen molar-refractivity contribution in [2.75, 3.05) is 66.5 Å². The number of alkyl carbamates (subject to hydrolysis) is 1. The number of amides is 1. The summed E-state index contributed by atoms with van der Waals surface area (Å²) < 4.78 is 37.3. The van der Waals surface area contributed by atoms with Crippen LogP contribution in [-0.4, -0.2) is 96.6 Å². The summed E-state index contributed by atoms with van der Waals surface area (Å²) in [7, 11) is 1.55. The number of methoxy groups -OCH3 is 1. The van der Waals surface area contributed by atoms with Gasteiger partial charge in [0.25, 0.3) is 0 Å². The number of hydrogen-bond donors (Lipinski definition) is 1. The van der Waals surface area contributed by atoms with E-state index in [0.717, 1.165) is 38.5 Å². The largest absolute Gasteiger partial charge is 0.463 e. The van der Waals surface area contributed by atoms with E-state index in [1.807, 2.05) is 0 Å². The molecular formula is C51H97NO11. The number of esters is 3. The van der Waals surface area contributed by atoms with E-state index in [2.05, 4.69) is 19.2 Å². The maximum absolute atomic E-state index is 12.8. The lowest BCUT2D eigenvalue weighted by Crippen LogP contribution is -2.34. The Bertz CT molecular complexity index is 1010. The van der Waals surface area contributed by atoms with E-state index in [1.54, 1.807) is 7.11 Å². The molecule has 0 aromatic carbocycles. The summed E-state index contributed by atoms with van der Waals surface area (Å²) in [6.07, 6.45) is 37.4. The van der Waals surface area contributed by atoms with Crippen LogP contribution >= 0.6 is 0 Å². The minimum atomic E-state index is -0.884. The molecule has 63 heavy (non-hydrogen) atoms. The normalized spacial score (nSPS) is 11.7. The molecule has 1 N–H and O–H groups in total. The first kappa shape index (κ1) is 60.6. The van der Waals surface area contributed by atoms with Crippen molar-refractivity contribution in [1.29, 1.82) is 0 Å². The molecule has 0 heterocycles. The smallest absolute Gasteiger partial charge is 0.407 e. The summed E-state index contributed by atoms with van der Waals surface area (Å²) in [6, 6.07) is 0. The molecule has 0 aliphatic carbocycles. The molecule has 0 aromatic heterocycles. The Morgan fingerprint density at radius 2 is 0.762 bits per heavy atom. The van der Waals surface area contributed by atoms with E-state index in [9.17, 15) is 19.2 Å². The first-order valence-corrected chi connectivity index (χ1v) is 26.0. The lowest BCUT2D eigenvalue weighted by molar-refractivity contribution is -0.161. The van der Waals surface area contributed by atoms with Crippen molar-refractivity contribution in [2.45, 2.75) is 238 Å². The average Bonchev–Trinajstić information content (AvgIpc) is 3.27. The third kappa shape index (κ3) is 48.8. The molecule has 0 bridgehead atoms. The molecule has 0 aliphatic heterocycles. The van der Waals surface area contributed by atoms with Crippen molar-refractivity contribution >= 4 is 24.0 Å². The topological polar surface area (TPSA) is 145 Å². The Morgan fingerprint density at radius 1 is 0.381 bits per heavy atom. The van der Waals surface area contributed by atoms with Crippen LogP contribution in [0.4, 0.5) is 4.79 Å². The molecule has 0 aliphatic rings. The van der Waals surface area contributed by atoms with Gasteiger partial charge >= 0.3 is 24.0 Å². The van der Waals surface area contributed by atoms with Crippen molar-refractivity contribution in [3.8, 4) is 0 Å². The van der Waals surface area contributed by atoms with E-state index < -0.39 is 12.2 Å². The highest BCUT2D eigenvalue weighted by atomic mass is 16.6. The second kappa shape index (κ2) is 50.6. The lowest BCUT2D eigenvalue weighted by Gasteiger charge is -2.18. The standard InChI is InChI=1S/C51H97NO11/c1-4-6-8-10-12-14-16-18-20-22-24-26-28-30-32-35-49(54)61-45-47(63-50(55)36-33-31-29-27-25-23-21-19-17-15-13-11-9-7-5-2)46-62-51(56)52-38-40-59-43-42-58-39-34-37-48(53)60-44-41-57-3/h47H,4-46H2,1-3H3,(H,52,56). The summed E-state index contributed by atoms with van der Waals surface area (Å²) >= 11 is 0.